The smallest absolute Gasteiger partial charge is 0.429 e. The van der Waals surface area contributed by atoms with Crippen LogP contribution in [-0.4, -0.2) is 6.36 Å². The molecule has 3 nitrogen and oxygen atoms in total. The first kappa shape index (κ1) is 29.8. The van der Waals surface area contributed by atoms with Gasteiger partial charge in [0.15, 0.2) is 23.2 Å². The average Bonchev–Trinajstić information content (AvgIpc) is 2.77. The Kier molecular flexibility index (Phi) is 8.56. The first-order valence-corrected chi connectivity index (χ1v) is 11.0. The molecule has 0 aliphatic carbocycles. The van der Waals surface area contributed by atoms with E-state index in [2.05, 4.69) is 9.47 Å². The lowest BCUT2D eigenvalue weighted by atomic mass is 9.96. The average molecular weight is 573 g/mol. The normalized spacial score (nSPS) is 12.1. The molecule has 1 radical (unpaired) electrons. The molecule has 3 aromatic rings. The van der Waals surface area contributed by atoms with Gasteiger partial charge in [0.25, 0.3) is 0 Å². The van der Waals surface area contributed by atoms with E-state index in [4.69, 9.17) is 0 Å². The van der Waals surface area contributed by atoms with E-state index in [9.17, 15) is 49.0 Å². The minimum atomic E-state index is -5.56. The van der Waals surface area contributed by atoms with Gasteiger partial charge in [-0.05, 0) is 30.5 Å². The number of hydrogen-bond acceptors (Lipinski definition) is 2. The van der Waals surface area contributed by atoms with Crippen LogP contribution in [0.4, 0.5) is 48.3 Å². The highest BCUT2D eigenvalue weighted by Gasteiger charge is 2.44. The summed E-state index contributed by atoms with van der Waals surface area (Å²) in [4.78, 5) is 0. The van der Waals surface area contributed by atoms with Gasteiger partial charge < -0.3 is 9.47 Å². The van der Waals surface area contributed by atoms with Crippen LogP contribution >= 0.6 is 0 Å². The summed E-state index contributed by atoms with van der Waals surface area (Å²) < 4.78 is 160. The molecule has 0 aliphatic rings. The predicted octanol–water partition coefficient (Wildman–Crippen LogP) is 9.09. The molecule has 3 aromatic carbocycles. The van der Waals surface area contributed by atoms with Crippen LogP contribution in [0.1, 0.15) is 37.3 Å². The Morgan fingerprint density at radius 3 is 1.77 bits per heavy atom. The van der Waals surface area contributed by atoms with E-state index in [0.29, 0.717) is 12.8 Å². The van der Waals surface area contributed by atoms with E-state index < -0.39 is 81.3 Å². The van der Waals surface area contributed by atoms with Crippen molar-refractivity contribution in [2.45, 2.75) is 45.1 Å². The van der Waals surface area contributed by atoms with Crippen LogP contribution in [0.5, 0.6) is 17.2 Å². The molecule has 0 N–H and O–H groups in total. The van der Waals surface area contributed by atoms with E-state index in [1.165, 1.54) is 0 Å². The zero-order valence-electron chi connectivity index (χ0n) is 19.6. The maximum absolute atomic E-state index is 15.2. The van der Waals surface area contributed by atoms with Gasteiger partial charge in [0, 0.05) is 18.2 Å². The summed E-state index contributed by atoms with van der Waals surface area (Å²) in [6.07, 6.45) is -8.52. The number of aryl methyl sites for hydroxylation is 1. The highest BCUT2D eigenvalue weighted by molar-refractivity contribution is 5.73. The fourth-order valence-electron chi connectivity index (χ4n) is 3.69. The van der Waals surface area contributed by atoms with Gasteiger partial charge in [0.05, 0.1) is 11.1 Å². The lowest BCUT2D eigenvalue weighted by molar-refractivity contribution is -0.276. The maximum Gasteiger partial charge on any atom is 0.573 e. The van der Waals surface area contributed by atoms with Gasteiger partial charge >= 0.3 is 12.5 Å². The van der Waals surface area contributed by atoms with E-state index in [0.717, 1.165) is 18.6 Å². The third kappa shape index (κ3) is 6.66. The Morgan fingerprint density at radius 2 is 1.26 bits per heavy atom. The highest BCUT2D eigenvalue weighted by Crippen LogP contribution is 2.44. The van der Waals surface area contributed by atoms with Crippen LogP contribution in [0.15, 0.2) is 30.3 Å². The molecule has 0 saturated carbocycles. The molecular formula is C25H16F11O3. The van der Waals surface area contributed by atoms with E-state index in [1.807, 2.05) is 6.92 Å². The molecule has 3 rings (SSSR count). The Labute approximate surface area is 213 Å². The van der Waals surface area contributed by atoms with Crippen molar-refractivity contribution in [2.24, 2.45) is 0 Å². The summed E-state index contributed by atoms with van der Waals surface area (Å²) in [6, 6.07) is 0.892. The number of hydrogen-bond donors (Lipinski definition) is 0. The fourth-order valence-corrected chi connectivity index (χ4v) is 3.69. The van der Waals surface area contributed by atoms with Crippen molar-refractivity contribution < 1.29 is 62.9 Å². The largest absolute Gasteiger partial charge is 0.573 e. The number of alkyl halides is 5. The molecule has 14 heteroatoms. The molecule has 0 spiro atoms. The van der Waals surface area contributed by atoms with E-state index in [-0.39, 0.29) is 30.2 Å². The van der Waals surface area contributed by atoms with E-state index in [1.54, 1.807) is 0 Å². The zero-order chi connectivity index (χ0) is 29.3. The second kappa shape index (κ2) is 11.2. The first-order chi connectivity index (χ1) is 18.1. The second-order valence-electron chi connectivity index (χ2n) is 8.19. The van der Waals surface area contributed by atoms with Crippen LogP contribution in [0.2, 0.25) is 0 Å². The summed E-state index contributed by atoms with van der Waals surface area (Å²) in [7, 11) is 0. The summed E-state index contributed by atoms with van der Waals surface area (Å²) in [5.74, 6) is -17.3. The fraction of sp³-hybridized carbons (Fsp3) is 0.280. The van der Waals surface area contributed by atoms with Crippen molar-refractivity contribution in [1.82, 2.24) is 0 Å². The van der Waals surface area contributed by atoms with Crippen molar-refractivity contribution >= 4 is 0 Å². The molecule has 0 heterocycles. The summed E-state index contributed by atoms with van der Waals surface area (Å²) >= 11 is 0. The second-order valence-corrected chi connectivity index (χ2v) is 8.19. The lowest BCUT2D eigenvalue weighted by Crippen LogP contribution is -2.26. The number of benzene rings is 3. The Balaban J connectivity index is 2.06. The Morgan fingerprint density at radius 1 is 0.692 bits per heavy atom. The quantitative estimate of drug-likeness (QED) is 0.189. The first-order valence-electron chi connectivity index (χ1n) is 11.0. The van der Waals surface area contributed by atoms with Gasteiger partial charge in [0.2, 0.25) is 5.75 Å². The minimum absolute atomic E-state index is 0.119. The van der Waals surface area contributed by atoms with E-state index >= 15 is 4.39 Å². The standard InChI is InChI=1S/C25H16F11O3/c1-2-3-4-5-11-6-13(26)19(14(27)7-11)20-18(37)10-15(28)21(22(20)31)24(32,33)38-12-8-16(29)23(17(30)9-12)39-25(34,35)36/h6-10H,2-5H2,1H3. The van der Waals surface area contributed by atoms with Gasteiger partial charge in [0.1, 0.15) is 28.8 Å². The van der Waals surface area contributed by atoms with Crippen molar-refractivity contribution in [3.63, 3.8) is 0 Å². The van der Waals surface area contributed by atoms with Gasteiger partial charge in [-0.2, -0.15) is 8.78 Å². The molecule has 0 aromatic heterocycles. The molecular weight excluding hydrogens is 557 g/mol. The van der Waals surface area contributed by atoms with Gasteiger partial charge in [-0.1, -0.05) is 19.8 Å². The molecule has 0 unspecified atom stereocenters. The molecule has 0 atom stereocenters. The van der Waals surface area contributed by atoms with Gasteiger partial charge in [-0.15, -0.1) is 13.2 Å². The molecule has 211 valence electrons. The van der Waals surface area contributed by atoms with Crippen LogP contribution in [0, 0.1) is 34.9 Å². The van der Waals surface area contributed by atoms with Crippen LogP contribution in [0.25, 0.3) is 11.1 Å². The number of rotatable bonds is 9. The topological polar surface area (TPSA) is 38.4 Å². The SMILES string of the molecule is CCCCCc1cc(F)c(-c2c([O])cc(F)c(C(F)(F)Oc3cc(F)c(OC(F)(F)F)c(F)c3)c2F)c(F)c1. The minimum Gasteiger partial charge on any atom is -0.429 e. The molecule has 0 saturated heterocycles. The predicted molar refractivity (Wildman–Crippen MR) is 113 cm³/mol. The number of unbranched alkanes of at least 4 members (excludes halogenated alkanes) is 2. The number of halogens is 11. The van der Waals surface area contributed by atoms with Crippen molar-refractivity contribution in [1.29, 1.82) is 0 Å². The van der Waals surface area contributed by atoms with Crippen molar-refractivity contribution in [2.75, 3.05) is 0 Å². The van der Waals surface area contributed by atoms with Gasteiger partial charge in [-0.25, -0.2) is 26.3 Å². The molecule has 0 bridgehead atoms. The highest BCUT2D eigenvalue weighted by atomic mass is 19.4. The van der Waals surface area contributed by atoms with Crippen LogP contribution in [0.3, 0.4) is 0 Å². The third-order valence-electron chi connectivity index (χ3n) is 5.33. The lowest BCUT2D eigenvalue weighted by Gasteiger charge is -2.21. The van der Waals surface area contributed by atoms with Crippen LogP contribution in [-0.2, 0) is 17.6 Å². The number of ether oxygens (including phenoxy) is 2. The third-order valence-corrected chi connectivity index (χ3v) is 5.33. The van der Waals surface area contributed by atoms with Crippen molar-refractivity contribution in [3.8, 4) is 28.4 Å². The Bertz CT molecular complexity index is 1320. The summed E-state index contributed by atoms with van der Waals surface area (Å²) in [6.45, 7) is 1.87. The molecule has 0 amide bonds. The molecule has 39 heavy (non-hydrogen) atoms. The molecule has 0 fully saturated rings. The van der Waals surface area contributed by atoms with Crippen LogP contribution < -0.4 is 9.47 Å². The maximum atomic E-state index is 15.2. The zero-order valence-corrected chi connectivity index (χ0v) is 19.6. The Hall–Kier alpha value is -3.71. The molecule has 0 aliphatic heterocycles. The van der Waals surface area contributed by atoms with Gasteiger partial charge in [-0.3, -0.25) is 5.11 Å². The monoisotopic (exact) mass is 573 g/mol. The summed E-state index contributed by atoms with van der Waals surface area (Å²) in [5.41, 5.74) is -5.23. The van der Waals surface area contributed by atoms with Crippen molar-refractivity contribution in [3.05, 3.63) is 76.4 Å². The summed E-state index contributed by atoms with van der Waals surface area (Å²) in [5, 5.41) is 12.2.